The van der Waals surface area contributed by atoms with Crippen LogP contribution in [0.4, 0.5) is 0 Å². The molecular formula is C27H25N3O4S. The minimum atomic E-state index is -0.715. The number of nitrogens with zero attached hydrogens (tertiary/aromatic N) is 2. The van der Waals surface area contributed by atoms with Crippen LogP contribution in [0.2, 0.25) is 0 Å². The Morgan fingerprint density at radius 2 is 1.91 bits per heavy atom. The van der Waals surface area contributed by atoms with Crippen molar-refractivity contribution in [3.05, 3.63) is 96.3 Å². The van der Waals surface area contributed by atoms with E-state index in [0.29, 0.717) is 31.9 Å². The van der Waals surface area contributed by atoms with Crippen molar-refractivity contribution >= 4 is 34.3 Å². The fourth-order valence-corrected chi connectivity index (χ4v) is 5.62. The molecule has 1 aliphatic heterocycles. The fraction of sp³-hybridized carbons (Fsp3) is 0.222. The Hall–Kier alpha value is -3.91. The van der Waals surface area contributed by atoms with Crippen molar-refractivity contribution in [2.24, 2.45) is 4.99 Å². The number of benzene rings is 2. The minimum absolute atomic E-state index is 0.219. The molecule has 1 N–H and O–H groups in total. The highest BCUT2D eigenvalue weighted by molar-refractivity contribution is 7.07. The lowest BCUT2D eigenvalue weighted by Gasteiger charge is -2.25. The predicted octanol–water partition coefficient (Wildman–Crippen LogP) is 3.60. The van der Waals surface area contributed by atoms with Crippen molar-refractivity contribution in [1.82, 2.24) is 9.55 Å². The van der Waals surface area contributed by atoms with Gasteiger partial charge in [0.05, 0.1) is 29.5 Å². The van der Waals surface area contributed by atoms with Gasteiger partial charge in [0.25, 0.3) is 5.56 Å². The number of allylic oxidation sites excluding steroid dienone is 1. The molecule has 1 atom stereocenters. The number of carbonyl (C=O) groups excluding carboxylic acids is 1. The zero-order valence-corrected chi connectivity index (χ0v) is 20.7. The van der Waals surface area contributed by atoms with E-state index in [1.54, 1.807) is 25.5 Å². The van der Waals surface area contributed by atoms with Crippen LogP contribution in [-0.4, -0.2) is 29.2 Å². The molecule has 5 rings (SSSR count). The normalized spacial score (nSPS) is 15.8. The molecule has 0 saturated heterocycles. The monoisotopic (exact) mass is 487 g/mol. The molecule has 35 heavy (non-hydrogen) atoms. The second kappa shape index (κ2) is 9.03. The lowest BCUT2D eigenvalue weighted by atomic mass is 9.95. The number of aromatic amines is 1. The van der Waals surface area contributed by atoms with Gasteiger partial charge >= 0.3 is 5.97 Å². The first-order chi connectivity index (χ1) is 16.9. The summed E-state index contributed by atoms with van der Waals surface area (Å²) in [5, 5.41) is 1.04. The number of aromatic nitrogens is 2. The van der Waals surface area contributed by atoms with E-state index in [-0.39, 0.29) is 12.2 Å². The highest BCUT2D eigenvalue weighted by Crippen LogP contribution is 2.35. The number of aryl methyl sites for hydroxylation is 1. The number of hydrogen-bond acceptors (Lipinski definition) is 6. The van der Waals surface area contributed by atoms with Gasteiger partial charge in [0, 0.05) is 27.7 Å². The van der Waals surface area contributed by atoms with Gasteiger partial charge in [0.15, 0.2) is 4.80 Å². The van der Waals surface area contributed by atoms with Crippen molar-refractivity contribution in [1.29, 1.82) is 0 Å². The van der Waals surface area contributed by atoms with Gasteiger partial charge in [0.2, 0.25) is 0 Å². The van der Waals surface area contributed by atoms with Gasteiger partial charge in [0.1, 0.15) is 11.8 Å². The number of H-pyrrole nitrogens is 1. The van der Waals surface area contributed by atoms with Crippen molar-refractivity contribution in [3.63, 3.8) is 0 Å². The molecule has 0 amide bonds. The molecule has 0 unspecified atom stereocenters. The standard InChI is InChI=1S/C27H25N3O4S/c1-5-34-26(32)23-16(3)29-27-30(24(23)18-11-7-9-13-21(18)33-4)25(31)22(35-27)14-19-15(2)28-20-12-8-6-10-17(19)20/h6-14,24,28H,5H2,1-4H3/t24-/m0/s1. The molecule has 0 saturated carbocycles. The SMILES string of the molecule is CCOC(=O)C1=C(C)N=c2sc(=Cc3c(C)[nH]c4ccccc34)c(=O)n2[C@H]1c1ccccc1OC. The summed E-state index contributed by atoms with van der Waals surface area (Å²) in [6, 6.07) is 14.7. The molecule has 0 bridgehead atoms. The highest BCUT2D eigenvalue weighted by Gasteiger charge is 2.35. The Morgan fingerprint density at radius 3 is 2.69 bits per heavy atom. The van der Waals surface area contributed by atoms with Crippen LogP contribution in [0, 0.1) is 6.92 Å². The molecule has 2 aromatic heterocycles. The number of para-hydroxylation sites is 2. The Kier molecular flexibility index (Phi) is 5.90. The first kappa shape index (κ1) is 22.9. The number of methoxy groups -OCH3 is 1. The van der Waals surface area contributed by atoms with E-state index in [0.717, 1.165) is 22.2 Å². The van der Waals surface area contributed by atoms with Crippen LogP contribution in [0.1, 0.15) is 36.7 Å². The molecule has 1 aliphatic rings. The number of fused-ring (bicyclic) bond motifs is 2. The molecule has 0 radical (unpaired) electrons. The maximum absolute atomic E-state index is 13.9. The largest absolute Gasteiger partial charge is 0.496 e. The number of thiazole rings is 1. The van der Waals surface area contributed by atoms with E-state index in [9.17, 15) is 9.59 Å². The molecule has 2 aromatic carbocycles. The van der Waals surface area contributed by atoms with E-state index in [4.69, 9.17) is 9.47 Å². The molecular weight excluding hydrogens is 462 g/mol. The molecule has 4 aromatic rings. The smallest absolute Gasteiger partial charge is 0.338 e. The summed E-state index contributed by atoms with van der Waals surface area (Å²) in [5.41, 5.74) is 4.28. The third-order valence-corrected chi connectivity index (χ3v) is 7.15. The van der Waals surface area contributed by atoms with Crippen molar-refractivity contribution in [2.75, 3.05) is 13.7 Å². The van der Waals surface area contributed by atoms with Crippen molar-refractivity contribution in [3.8, 4) is 5.75 Å². The Balaban J connectivity index is 1.79. The van der Waals surface area contributed by atoms with E-state index >= 15 is 0 Å². The molecule has 0 aliphatic carbocycles. The van der Waals surface area contributed by atoms with Crippen LogP contribution in [0.15, 0.2) is 69.6 Å². The van der Waals surface area contributed by atoms with Crippen LogP contribution >= 0.6 is 11.3 Å². The number of rotatable bonds is 5. The lowest BCUT2D eigenvalue weighted by molar-refractivity contribution is -0.139. The summed E-state index contributed by atoms with van der Waals surface area (Å²) in [5.74, 6) is 0.0856. The third-order valence-electron chi connectivity index (χ3n) is 6.17. The second-order valence-corrected chi connectivity index (χ2v) is 9.26. The van der Waals surface area contributed by atoms with Crippen LogP contribution in [0.3, 0.4) is 0 Å². The summed E-state index contributed by atoms with van der Waals surface area (Å²) in [6.45, 7) is 5.74. The molecule has 178 valence electrons. The Morgan fingerprint density at radius 1 is 1.17 bits per heavy atom. The summed E-state index contributed by atoms with van der Waals surface area (Å²) in [7, 11) is 1.57. The number of esters is 1. The van der Waals surface area contributed by atoms with E-state index < -0.39 is 12.0 Å². The maximum Gasteiger partial charge on any atom is 0.338 e. The van der Waals surface area contributed by atoms with E-state index in [1.807, 2.05) is 61.5 Å². The highest BCUT2D eigenvalue weighted by atomic mass is 32.1. The quantitative estimate of drug-likeness (QED) is 0.436. The summed E-state index contributed by atoms with van der Waals surface area (Å²) < 4.78 is 13.1. The van der Waals surface area contributed by atoms with Gasteiger partial charge in [-0.2, -0.15) is 0 Å². The summed E-state index contributed by atoms with van der Waals surface area (Å²) in [4.78, 5) is 35.5. The van der Waals surface area contributed by atoms with Gasteiger partial charge in [-0.05, 0) is 39.0 Å². The first-order valence-corrected chi connectivity index (χ1v) is 12.2. The number of hydrogen-bond donors (Lipinski definition) is 1. The van der Waals surface area contributed by atoms with Crippen LogP contribution in [-0.2, 0) is 9.53 Å². The second-order valence-electron chi connectivity index (χ2n) is 8.25. The molecule has 0 spiro atoms. The van der Waals surface area contributed by atoms with Gasteiger partial charge in [-0.15, -0.1) is 0 Å². The van der Waals surface area contributed by atoms with Crippen LogP contribution < -0.4 is 19.6 Å². The van der Waals surface area contributed by atoms with E-state index in [2.05, 4.69) is 9.98 Å². The topological polar surface area (TPSA) is 85.7 Å². The minimum Gasteiger partial charge on any atom is -0.496 e. The number of ether oxygens (including phenoxy) is 2. The van der Waals surface area contributed by atoms with Gasteiger partial charge < -0.3 is 14.5 Å². The van der Waals surface area contributed by atoms with Crippen LogP contribution in [0.5, 0.6) is 5.75 Å². The Bertz CT molecular complexity index is 1670. The van der Waals surface area contributed by atoms with Gasteiger partial charge in [-0.25, -0.2) is 9.79 Å². The number of carbonyl (C=O) groups is 1. The number of nitrogens with one attached hydrogen (secondary N) is 1. The van der Waals surface area contributed by atoms with E-state index in [1.165, 1.54) is 11.3 Å². The van der Waals surface area contributed by atoms with Gasteiger partial charge in [-0.3, -0.25) is 9.36 Å². The van der Waals surface area contributed by atoms with Crippen LogP contribution in [0.25, 0.3) is 17.0 Å². The zero-order chi connectivity index (χ0) is 24.7. The Labute approximate surface area is 205 Å². The summed E-state index contributed by atoms with van der Waals surface area (Å²) >= 11 is 1.31. The fourth-order valence-electron chi connectivity index (χ4n) is 4.59. The zero-order valence-electron chi connectivity index (χ0n) is 19.9. The maximum atomic E-state index is 13.9. The predicted molar refractivity (Wildman–Crippen MR) is 136 cm³/mol. The first-order valence-electron chi connectivity index (χ1n) is 11.3. The third kappa shape index (κ3) is 3.80. The molecule has 3 heterocycles. The molecule has 8 heteroatoms. The molecule has 7 nitrogen and oxygen atoms in total. The van der Waals surface area contributed by atoms with Crippen molar-refractivity contribution < 1.29 is 14.3 Å². The van der Waals surface area contributed by atoms with Gasteiger partial charge in [-0.1, -0.05) is 47.7 Å². The molecule has 0 fully saturated rings. The lowest BCUT2D eigenvalue weighted by Crippen LogP contribution is -2.40. The van der Waals surface area contributed by atoms with Crippen molar-refractivity contribution in [2.45, 2.75) is 26.8 Å². The summed E-state index contributed by atoms with van der Waals surface area (Å²) in [6.07, 6.45) is 1.90. The average Bonchev–Trinajstić information content (AvgIpc) is 3.34. The average molecular weight is 488 g/mol.